The maximum Gasteiger partial charge on any atom is 0.325 e. The zero-order valence-electron chi connectivity index (χ0n) is 13.4. The van der Waals surface area contributed by atoms with Crippen molar-refractivity contribution in [2.75, 3.05) is 24.5 Å². The van der Waals surface area contributed by atoms with E-state index in [1.54, 1.807) is 18.2 Å². The van der Waals surface area contributed by atoms with Crippen molar-refractivity contribution in [1.82, 2.24) is 10.2 Å². The van der Waals surface area contributed by atoms with E-state index in [1.807, 2.05) is 0 Å². The van der Waals surface area contributed by atoms with Crippen LogP contribution in [0.3, 0.4) is 0 Å². The van der Waals surface area contributed by atoms with Gasteiger partial charge in [-0.1, -0.05) is 18.2 Å². The van der Waals surface area contributed by atoms with Crippen molar-refractivity contribution >= 4 is 17.6 Å². The van der Waals surface area contributed by atoms with Gasteiger partial charge in [0.1, 0.15) is 18.2 Å². The van der Waals surface area contributed by atoms with Gasteiger partial charge in [0.2, 0.25) is 5.91 Å². The molecular weight excluding hydrogens is 328 g/mol. The van der Waals surface area contributed by atoms with E-state index in [0.29, 0.717) is 24.3 Å². The van der Waals surface area contributed by atoms with Crippen molar-refractivity contribution in [2.45, 2.75) is 6.54 Å². The summed E-state index contributed by atoms with van der Waals surface area (Å²) in [6, 6.07) is 11.5. The molecule has 0 atom stereocenters. The first kappa shape index (κ1) is 16.9. The van der Waals surface area contributed by atoms with Crippen molar-refractivity contribution in [1.29, 1.82) is 0 Å². The Labute approximate surface area is 143 Å². The number of carbonyl (C=O) groups excluding carboxylic acids is 2. The second kappa shape index (κ2) is 7.29. The predicted octanol–water partition coefficient (Wildman–Crippen LogP) is 2.52. The van der Waals surface area contributed by atoms with Crippen LogP contribution in [0, 0.1) is 11.6 Å². The van der Waals surface area contributed by atoms with Gasteiger partial charge < -0.3 is 10.2 Å². The standard InChI is InChI=1S/C18H17F2N3O2/c19-14-5-7-15(8-6-14)23-10-9-22(18(23)25)12-17(24)21-11-13-3-1-2-4-16(13)20/h1-8H,9-12H2,(H,21,24). The highest BCUT2D eigenvalue weighted by Gasteiger charge is 2.30. The van der Waals surface area contributed by atoms with Gasteiger partial charge in [-0.05, 0) is 30.3 Å². The number of halogens is 2. The lowest BCUT2D eigenvalue weighted by molar-refractivity contribution is -0.121. The highest BCUT2D eigenvalue weighted by Crippen LogP contribution is 2.20. The number of amides is 3. The van der Waals surface area contributed by atoms with Gasteiger partial charge in [0.15, 0.2) is 0 Å². The first-order valence-corrected chi connectivity index (χ1v) is 7.87. The van der Waals surface area contributed by atoms with E-state index in [0.717, 1.165) is 0 Å². The third-order valence-electron chi connectivity index (χ3n) is 4.00. The minimum absolute atomic E-state index is 0.0647. The van der Waals surface area contributed by atoms with Crippen LogP contribution in [0.4, 0.5) is 19.3 Å². The molecule has 3 rings (SSSR count). The van der Waals surface area contributed by atoms with E-state index in [2.05, 4.69) is 5.32 Å². The highest BCUT2D eigenvalue weighted by atomic mass is 19.1. The summed E-state index contributed by atoms with van der Waals surface area (Å²) in [6.07, 6.45) is 0. The molecule has 25 heavy (non-hydrogen) atoms. The summed E-state index contributed by atoms with van der Waals surface area (Å²) in [4.78, 5) is 27.3. The van der Waals surface area contributed by atoms with Crippen LogP contribution in [0.15, 0.2) is 48.5 Å². The molecule has 1 saturated heterocycles. The molecule has 1 heterocycles. The smallest absolute Gasteiger partial charge is 0.325 e. The van der Waals surface area contributed by atoms with Gasteiger partial charge in [-0.2, -0.15) is 0 Å². The van der Waals surface area contributed by atoms with Gasteiger partial charge >= 0.3 is 6.03 Å². The molecule has 0 radical (unpaired) electrons. The van der Waals surface area contributed by atoms with Crippen LogP contribution in [0.1, 0.15) is 5.56 Å². The minimum atomic E-state index is -0.387. The molecule has 2 aromatic rings. The zero-order chi connectivity index (χ0) is 17.8. The molecule has 130 valence electrons. The van der Waals surface area contributed by atoms with Crippen molar-refractivity contribution in [2.24, 2.45) is 0 Å². The molecule has 0 aliphatic carbocycles. The normalized spacial score (nSPS) is 14.1. The Morgan fingerprint density at radius 2 is 1.76 bits per heavy atom. The molecule has 1 N–H and O–H groups in total. The van der Waals surface area contributed by atoms with Crippen LogP contribution in [0.5, 0.6) is 0 Å². The fourth-order valence-electron chi connectivity index (χ4n) is 2.65. The van der Waals surface area contributed by atoms with Crippen molar-refractivity contribution in [3.63, 3.8) is 0 Å². The molecule has 3 amide bonds. The predicted molar refractivity (Wildman–Crippen MR) is 89.0 cm³/mol. The number of rotatable bonds is 5. The molecule has 1 fully saturated rings. The first-order chi connectivity index (χ1) is 12.0. The van der Waals surface area contributed by atoms with Crippen molar-refractivity contribution in [3.8, 4) is 0 Å². The van der Waals surface area contributed by atoms with E-state index in [1.165, 1.54) is 40.1 Å². The molecule has 2 aromatic carbocycles. The first-order valence-electron chi connectivity index (χ1n) is 7.87. The Balaban J connectivity index is 1.55. The van der Waals surface area contributed by atoms with Gasteiger partial charge in [-0.25, -0.2) is 13.6 Å². The molecular formula is C18H17F2N3O2. The van der Waals surface area contributed by atoms with E-state index in [9.17, 15) is 18.4 Å². The molecule has 5 nitrogen and oxygen atoms in total. The SMILES string of the molecule is O=C(CN1CCN(c2ccc(F)cc2)C1=O)NCc1ccccc1F. The third kappa shape index (κ3) is 3.93. The zero-order valence-corrected chi connectivity index (χ0v) is 13.4. The summed E-state index contributed by atoms with van der Waals surface area (Å²) in [5.41, 5.74) is 0.970. The molecule has 0 bridgehead atoms. The van der Waals surface area contributed by atoms with E-state index < -0.39 is 0 Å². The van der Waals surface area contributed by atoms with Gasteiger partial charge in [0, 0.05) is 30.9 Å². The summed E-state index contributed by atoms with van der Waals surface area (Å²) in [5.74, 6) is -1.13. The molecule has 0 spiro atoms. The fourth-order valence-corrected chi connectivity index (χ4v) is 2.65. The molecule has 1 aliphatic rings. The number of benzene rings is 2. The second-order valence-electron chi connectivity index (χ2n) is 5.70. The summed E-state index contributed by atoms with van der Waals surface area (Å²) in [7, 11) is 0. The Kier molecular flexibility index (Phi) is 4.92. The van der Waals surface area contributed by atoms with Crippen LogP contribution >= 0.6 is 0 Å². The van der Waals surface area contributed by atoms with Gasteiger partial charge in [0.25, 0.3) is 0 Å². The van der Waals surface area contributed by atoms with Crippen LogP contribution in [0.25, 0.3) is 0 Å². The average molecular weight is 345 g/mol. The number of carbonyl (C=O) groups is 2. The number of anilines is 1. The Hall–Kier alpha value is -2.96. The fraction of sp³-hybridized carbons (Fsp3) is 0.222. The molecule has 0 saturated carbocycles. The average Bonchev–Trinajstić information content (AvgIpc) is 2.96. The van der Waals surface area contributed by atoms with E-state index in [-0.39, 0.29) is 36.7 Å². The quantitative estimate of drug-likeness (QED) is 0.905. The van der Waals surface area contributed by atoms with Crippen LogP contribution in [-0.4, -0.2) is 36.5 Å². The molecule has 1 aliphatic heterocycles. The van der Waals surface area contributed by atoms with Gasteiger partial charge in [0.05, 0.1) is 0 Å². The summed E-state index contributed by atoms with van der Waals surface area (Å²) >= 11 is 0. The van der Waals surface area contributed by atoms with Crippen molar-refractivity contribution in [3.05, 3.63) is 65.7 Å². The Morgan fingerprint density at radius 1 is 1.04 bits per heavy atom. The summed E-state index contributed by atoms with van der Waals surface area (Å²) in [5, 5.41) is 2.61. The maximum absolute atomic E-state index is 13.5. The van der Waals surface area contributed by atoms with E-state index in [4.69, 9.17) is 0 Å². The summed E-state index contributed by atoms with van der Waals surface area (Å²) < 4.78 is 26.5. The number of nitrogens with one attached hydrogen (secondary N) is 1. The lowest BCUT2D eigenvalue weighted by Crippen LogP contribution is -2.39. The monoisotopic (exact) mass is 345 g/mol. The van der Waals surface area contributed by atoms with Gasteiger partial charge in [-0.15, -0.1) is 0 Å². The second-order valence-corrected chi connectivity index (χ2v) is 5.70. The molecule has 7 heteroatoms. The number of hydrogen-bond donors (Lipinski definition) is 1. The minimum Gasteiger partial charge on any atom is -0.350 e. The van der Waals surface area contributed by atoms with Crippen LogP contribution in [-0.2, 0) is 11.3 Å². The lowest BCUT2D eigenvalue weighted by atomic mass is 10.2. The van der Waals surface area contributed by atoms with E-state index >= 15 is 0 Å². The Morgan fingerprint density at radius 3 is 2.48 bits per heavy atom. The Bertz CT molecular complexity index is 780. The highest BCUT2D eigenvalue weighted by molar-refractivity contribution is 5.96. The topological polar surface area (TPSA) is 52.7 Å². The molecule has 0 aromatic heterocycles. The number of hydrogen-bond acceptors (Lipinski definition) is 2. The number of nitrogens with zero attached hydrogens (tertiary/aromatic N) is 2. The summed E-state index contributed by atoms with van der Waals surface area (Å²) in [6.45, 7) is 0.772. The van der Waals surface area contributed by atoms with Crippen molar-refractivity contribution < 1.29 is 18.4 Å². The maximum atomic E-state index is 13.5. The molecule has 0 unspecified atom stereocenters. The number of urea groups is 1. The largest absolute Gasteiger partial charge is 0.350 e. The van der Waals surface area contributed by atoms with Crippen LogP contribution in [0.2, 0.25) is 0 Å². The van der Waals surface area contributed by atoms with Crippen LogP contribution < -0.4 is 10.2 Å². The lowest BCUT2D eigenvalue weighted by Gasteiger charge is -2.18. The van der Waals surface area contributed by atoms with Gasteiger partial charge in [-0.3, -0.25) is 9.69 Å². The third-order valence-corrected chi connectivity index (χ3v) is 4.00.